The summed E-state index contributed by atoms with van der Waals surface area (Å²) < 4.78 is 0. The van der Waals surface area contributed by atoms with Crippen LogP contribution in [0.25, 0.3) is 0 Å². The summed E-state index contributed by atoms with van der Waals surface area (Å²) in [7, 11) is 0. The van der Waals surface area contributed by atoms with Crippen LogP contribution in [-0.4, -0.2) is 0 Å². The monoisotopic (exact) mass is 208 g/mol. The van der Waals surface area contributed by atoms with Gasteiger partial charge in [0.2, 0.25) is 0 Å². The first-order valence-corrected chi connectivity index (χ1v) is 6.88. The lowest BCUT2D eigenvalue weighted by Crippen LogP contribution is -2.50. The van der Waals surface area contributed by atoms with Gasteiger partial charge in [-0.1, -0.05) is 47.5 Å². The van der Waals surface area contributed by atoms with E-state index in [9.17, 15) is 0 Å². The highest BCUT2D eigenvalue weighted by Crippen LogP contribution is 2.60. The number of hydrogen-bond donors (Lipinski definition) is 0. The van der Waals surface area contributed by atoms with Crippen LogP contribution in [0.1, 0.15) is 66.7 Å². The zero-order chi connectivity index (χ0) is 11.3. The third-order valence-corrected chi connectivity index (χ3v) is 6.08. The average Bonchev–Trinajstić information content (AvgIpc) is 2.12. The van der Waals surface area contributed by atoms with Crippen molar-refractivity contribution < 1.29 is 0 Å². The van der Waals surface area contributed by atoms with Gasteiger partial charge in [-0.15, -0.1) is 0 Å². The van der Waals surface area contributed by atoms with E-state index in [0.29, 0.717) is 10.8 Å². The minimum Gasteiger partial charge on any atom is -0.0622 e. The molecule has 2 fully saturated rings. The fourth-order valence-electron chi connectivity index (χ4n) is 4.76. The minimum absolute atomic E-state index is 0.599. The molecule has 0 aromatic carbocycles. The molecule has 2 aliphatic carbocycles. The van der Waals surface area contributed by atoms with Gasteiger partial charge in [0.15, 0.2) is 0 Å². The normalized spacial score (nSPS) is 49.8. The molecular weight excluding hydrogens is 180 g/mol. The second-order valence-corrected chi connectivity index (χ2v) is 7.24. The molecule has 0 spiro atoms. The van der Waals surface area contributed by atoms with E-state index in [1.165, 1.54) is 32.1 Å². The van der Waals surface area contributed by atoms with Crippen LogP contribution in [0, 0.1) is 28.6 Å². The van der Waals surface area contributed by atoms with Gasteiger partial charge >= 0.3 is 0 Å². The Balaban J connectivity index is 2.29. The van der Waals surface area contributed by atoms with Crippen molar-refractivity contribution in [3.05, 3.63) is 0 Å². The Kier molecular flexibility index (Phi) is 2.68. The molecule has 2 saturated carbocycles. The number of hydrogen-bond acceptors (Lipinski definition) is 0. The molecule has 0 aromatic heterocycles. The van der Waals surface area contributed by atoms with Crippen LogP contribution in [0.2, 0.25) is 0 Å². The van der Waals surface area contributed by atoms with E-state index in [0.717, 1.165) is 17.8 Å². The number of fused-ring (bicyclic) bond motifs is 1. The topological polar surface area (TPSA) is 0 Å². The molecule has 0 saturated heterocycles. The van der Waals surface area contributed by atoms with Gasteiger partial charge in [0.25, 0.3) is 0 Å². The smallest absolute Gasteiger partial charge is 0.0264 e. The van der Waals surface area contributed by atoms with E-state index < -0.39 is 0 Å². The van der Waals surface area contributed by atoms with Gasteiger partial charge in [-0.2, -0.15) is 0 Å². The molecule has 0 N–H and O–H groups in total. The molecule has 2 aliphatic rings. The van der Waals surface area contributed by atoms with Crippen molar-refractivity contribution in [2.45, 2.75) is 66.7 Å². The third kappa shape index (κ3) is 1.65. The van der Waals surface area contributed by atoms with Gasteiger partial charge in [0.05, 0.1) is 0 Å². The van der Waals surface area contributed by atoms with Crippen molar-refractivity contribution in [2.75, 3.05) is 0 Å². The quantitative estimate of drug-likeness (QED) is 0.532. The molecular formula is C15H28. The highest BCUT2D eigenvalue weighted by Gasteiger charge is 2.51. The second kappa shape index (κ2) is 3.50. The maximum absolute atomic E-state index is 2.58. The van der Waals surface area contributed by atoms with E-state index >= 15 is 0 Å². The van der Waals surface area contributed by atoms with Crippen LogP contribution in [-0.2, 0) is 0 Å². The second-order valence-electron chi connectivity index (χ2n) is 7.24. The highest BCUT2D eigenvalue weighted by molar-refractivity contribution is 5.01. The van der Waals surface area contributed by atoms with E-state index in [2.05, 4.69) is 34.6 Å². The first-order chi connectivity index (χ1) is 6.88. The summed E-state index contributed by atoms with van der Waals surface area (Å²) in [4.78, 5) is 0. The molecule has 0 heteroatoms. The SMILES string of the molecule is C[C@H]1CC[C@H]2C(C)(C)CCC[C@]2(C)[C@H]1C. The minimum atomic E-state index is 0.599. The van der Waals surface area contributed by atoms with Gasteiger partial charge in [-0.25, -0.2) is 0 Å². The maximum Gasteiger partial charge on any atom is -0.0264 e. The van der Waals surface area contributed by atoms with Gasteiger partial charge in [0, 0.05) is 0 Å². The Morgan fingerprint density at radius 1 is 0.933 bits per heavy atom. The Morgan fingerprint density at radius 3 is 2.27 bits per heavy atom. The number of rotatable bonds is 0. The maximum atomic E-state index is 2.58. The summed E-state index contributed by atoms with van der Waals surface area (Å²) in [5.74, 6) is 2.85. The molecule has 2 rings (SSSR count). The van der Waals surface area contributed by atoms with E-state index in [-0.39, 0.29) is 0 Å². The van der Waals surface area contributed by atoms with Crippen LogP contribution < -0.4 is 0 Å². The van der Waals surface area contributed by atoms with Crippen LogP contribution in [0.3, 0.4) is 0 Å². The molecule has 0 aromatic rings. The Labute approximate surface area is 95.8 Å². The summed E-state index contributed by atoms with van der Waals surface area (Å²) in [5.41, 5.74) is 1.24. The average molecular weight is 208 g/mol. The molecule has 0 radical (unpaired) electrons. The van der Waals surface area contributed by atoms with Gasteiger partial charge in [-0.05, 0) is 47.8 Å². The predicted octanol–water partition coefficient (Wildman–Crippen LogP) is 4.89. The van der Waals surface area contributed by atoms with Crippen molar-refractivity contribution in [2.24, 2.45) is 28.6 Å². The van der Waals surface area contributed by atoms with Crippen molar-refractivity contribution in [1.29, 1.82) is 0 Å². The molecule has 15 heavy (non-hydrogen) atoms. The summed E-state index contributed by atoms with van der Waals surface area (Å²) in [6, 6.07) is 0. The summed E-state index contributed by atoms with van der Waals surface area (Å²) >= 11 is 0. The molecule has 0 aliphatic heterocycles. The van der Waals surface area contributed by atoms with Crippen molar-refractivity contribution in [3.8, 4) is 0 Å². The molecule has 4 atom stereocenters. The molecule has 88 valence electrons. The summed E-state index contributed by atoms with van der Waals surface area (Å²) in [6.45, 7) is 12.6. The van der Waals surface area contributed by atoms with Crippen LogP contribution in [0.15, 0.2) is 0 Å². The van der Waals surface area contributed by atoms with Gasteiger partial charge in [-0.3, -0.25) is 0 Å². The van der Waals surface area contributed by atoms with E-state index in [1.807, 2.05) is 0 Å². The van der Waals surface area contributed by atoms with Crippen LogP contribution in [0.5, 0.6) is 0 Å². The van der Waals surface area contributed by atoms with Crippen LogP contribution in [0.4, 0.5) is 0 Å². The zero-order valence-electron chi connectivity index (χ0n) is 11.3. The van der Waals surface area contributed by atoms with Crippen molar-refractivity contribution in [1.82, 2.24) is 0 Å². The van der Waals surface area contributed by atoms with Crippen molar-refractivity contribution >= 4 is 0 Å². The molecule has 0 nitrogen and oxygen atoms in total. The highest BCUT2D eigenvalue weighted by atomic mass is 14.6. The molecule has 0 amide bonds. The zero-order valence-corrected chi connectivity index (χ0v) is 11.3. The lowest BCUT2D eigenvalue weighted by Gasteiger charge is -2.58. The predicted molar refractivity (Wildman–Crippen MR) is 66.8 cm³/mol. The van der Waals surface area contributed by atoms with E-state index in [1.54, 1.807) is 0 Å². The van der Waals surface area contributed by atoms with Gasteiger partial charge in [0.1, 0.15) is 0 Å². The standard InChI is InChI=1S/C15H28/c1-11-7-8-13-14(3,4)9-6-10-15(13,5)12(11)2/h11-13H,6-10H2,1-5H3/t11-,12-,13-,15+/m0/s1. The lowest BCUT2D eigenvalue weighted by molar-refractivity contribution is -0.0868. The Hall–Kier alpha value is 0. The molecule has 0 unspecified atom stereocenters. The Bertz CT molecular complexity index is 240. The fraction of sp³-hybridized carbons (Fsp3) is 1.00. The molecule has 0 bridgehead atoms. The Morgan fingerprint density at radius 2 is 1.60 bits per heavy atom. The first kappa shape index (κ1) is 11.5. The van der Waals surface area contributed by atoms with Crippen LogP contribution >= 0.6 is 0 Å². The van der Waals surface area contributed by atoms with E-state index in [4.69, 9.17) is 0 Å². The van der Waals surface area contributed by atoms with Gasteiger partial charge < -0.3 is 0 Å². The third-order valence-electron chi connectivity index (χ3n) is 6.08. The fourth-order valence-corrected chi connectivity index (χ4v) is 4.76. The molecule has 0 heterocycles. The lowest BCUT2D eigenvalue weighted by atomic mass is 9.47. The van der Waals surface area contributed by atoms with Crippen molar-refractivity contribution in [3.63, 3.8) is 0 Å². The largest absolute Gasteiger partial charge is 0.0622 e. The summed E-state index contributed by atoms with van der Waals surface area (Å²) in [5, 5.41) is 0. The first-order valence-electron chi connectivity index (χ1n) is 6.88. The summed E-state index contributed by atoms with van der Waals surface area (Å²) in [6.07, 6.45) is 7.33.